The third-order valence-electron chi connectivity index (χ3n) is 6.53. The molecule has 3 N–H and O–H groups in total. The predicted octanol–water partition coefficient (Wildman–Crippen LogP) is 4.31. The van der Waals surface area contributed by atoms with Crippen molar-refractivity contribution in [1.82, 2.24) is 14.8 Å². The second kappa shape index (κ2) is 10.6. The third kappa shape index (κ3) is 5.62. The number of carbonyl (C=O) groups is 2. The maximum Gasteiger partial charge on any atom is 0.268 e. The number of anilines is 2. The van der Waals surface area contributed by atoms with Crippen molar-refractivity contribution in [2.75, 3.05) is 38.5 Å². The molecule has 1 amide bonds. The lowest BCUT2D eigenvalue weighted by Crippen LogP contribution is -2.43. The van der Waals surface area contributed by atoms with E-state index in [-0.39, 0.29) is 17.9 Å². The van der Waals surface area contributed by atoms with E-state index in [0.29, 0.717) is 15.6 Å². The zero-order chi connectivity index (χ0) is 25.1. The number of nitrogens with one attached hydrogen (secondary N) is 1. The first-order valence-corrected chi connectivity index (χ1v) is 12.8. The molecule has 0 aliphatic carbocycles. The van der Waals surface area contributed by atoms with Gasteiger partial charge >= 0.3 is 0 Å². The van der Waals surface area contributed by atoms with Gasteiger partial charge in [0.25, 0.3) is 5.91 Å². The van der Waals surface area contributed by atoms with Gasteiger partial charge in [-0.3, -0.25) is 14.5 Å². The van der Waals surface area contributed by atoms with Gasteiger partial charge in [0.05, 0.1) is 0 Å². The predicted molar refractivity (Wildman–Crippen MR) is 145 cm³/mol. The number of thiazole rings is 1. The molecule has 36 heavy (non-hydrogen) atoms. The Labute approximate surface area is 214 Å². The lowest BCUT2D eigenvalue weighted by molar-refractivity contribution is 0.0991. The summed E-state index contributed by atoms with van der Waals surface area (Å²) in [5, 5.41) is 6.02. The van der Waals surface area contributed by atoms with Gasteiger partial charge in [0.15, 0.2) is 10.9 Å². The van der Waals surface area contributed by atoms with Crippen LogP contribution in [0.1, 0.15) is 31.3 Å². The Hall–Kier alpha value is -3.59. The van der Waals surface area contributed by atoms with E-state index in [0.717, 1.165) is 49.2 Å². The molecule has 0 atom stereocenters. The summed E-state index contributed by atoms with van der Waals surface area (Å²) in [7, 11) is 2.15. The van der Waals surface area contributed by atoms with E-state index in [1.54, 1.807) is 0 Å². The molecular weight excluding hydrogens is 470 g/mol. The fourth-order valence-corrected chi connectivity index (χ4v) is 5.40. The number of benzene rings is 3. The van der Waals surface area contributed by atoms with E-state index < -0.39 is 5.91 Å². The number of piperazine rings is 1. The third-order valence-corrected chi connectivity index (χ3v) is 7.50. The van der Waals surface area contributed by atoms with Gasteiger partial charge in [0.2, 0.25) is 0 Å². The summed E-state index contributed by atoms with van der Waals surface area (Å²) in [6, 6.07) is 21.9. The van der Waals surface area contributed by atoms with Gasteiger partial charge in [0.1, 0.15) is 5.69 Å². The Morgan fingerprint density at radius 1 is 0.972 bits per heavy atom. The van der Waals surface area contributed by atoms with E-state index in [1.807, 2.05) is 60.7 Å². The molecule has 5 rings (SSSR count). The number of aromatic nitrogens is 1. The van der Waals surface area contributed by atoms with E-state index in [2.05, 4.69) is 33.2 Å². The number of amides is 1. The van der Waals surface area contributed by atoms with Crippen molar-refractivity contribution in [1.29, 1.82) is 0 Å². The maximum atomic E-state index is 13.0. The van der Waals surface area contributed by atoms with Crippen LogP contribution in [0.2, 0.25) is 0 Å². The van der Waals surface area contributed by atoms with Crippen molar-refractivity contribution in [2.24, 2.45) is 5.73 Å². The molecule has 4 aromatic rings. The minimum absolute atomic E-state index is 0.0652. The van der Waals surface area contributed by atoms with Gasteiger partial charge in [0, 0.05) is 55.3 Å². The topological polar surface area (TPSA) is 91.6 Å². The molecule has 7 nitrogen and oxygen atoms in total. The fraction of sp³-hybridized carbons (Fsp3) is 0.250. The van der Waals surface area contributed by atoms with Gasteiger partial charge in [-0.2, -0.15) is 0 Å². The molecule has 184 valence electrons. The summed E-state index contributed by atoms with van der Waals surface area (Å²) in [4.78, 5) is 34.8. The highest BCUT2D eigenvalue weighted by Gasteiger charge is 2.20. The van der Waals surface area contributed by atoms with Gasteiger partial charge in [-0.05, 0) is 35.5 Å². The number of Topliss-reactive ketones (excluding diaryl/α,β-unsaturated/α-hetero) is 1. The molecule has 0 bridgehead atoms. The SMILES string of the molecule is CN1CCN(Cc2ccc(C(=O)Cc3sc(Nc4ccc5ccccc5c4)nc3C(N)=O)cc2)CC1. The Kier molecular flexibility index (Phi) is 7.09. The average molecular weight is 500 g/mol. The molecule has 0 saturated carbocycles. The summed E-state index contributed by atoms with van der Waals surface area (Å²) in [6.45, 7) is 5.13. The highest BCUT2D eigenvalue weighted by atomic mass is 32.1. The number of fused-ring (bicyclic) bond motifs is 1. The fourth-order valence-electron chi connectivity index (χ4n) is 4.42. The smallest absolute Gasteiger partial charge is 0.268 e. The molecule has 1 saturated heterocycles. The van der Waals surface area contributed by atoms with E-state index in [9.17, 15) is 9.59 Å². The molecule has 8 heteroatoms. The second-order valence-corrected chi connectivity index (χ2v) is 10.3. The van der Waals surface area contributed by atoms with Crippen molar-refractivity contribution in [3.63, 3.8) is 0 Å². The van der Waals surface area contributed by atoms with Crippen LogP contribution in [0, 0.1) is 0 Å². The zero-order valence-electron chi connectivity index (χ0n) is 20.2. The molecule has 0 spiro atoms. The highest BCUT2D eigenvalue weighted by Crippen LogP contribution is 2.29. The number of hydrogen-bond acceptors (Lipinski definition) is 7. The van der Waals surface area contributed by atoms with Crippen LogP contribution in [-0.4, -0.2) is 59.7 Å². The molecule has 1 fully saturated rings. The van der Waals surface area contributed by atoms with Crippen LogP contribution < -0.4 is 11.1 Å². The Balaban J connectivity index is 1.27. The number of rotatable bonds is 8. The summed E-state index contributed by atoms with van der Waals surface area (Å²) in [5.41, 5.74) is 8.39. The molecule has 0 unspecified atom stereocenters. The van der Waals surface area contributed by atoms with Crippen LogP contribution in [0.3, 0.4) is 0 Å². The second-order valence-electron chi connectivity index (χ2n) is 9.22. The number of likely N-dealkylation sites (N-methyl/N-ethyl adjacent to an activating group) is 1. The van der Waals surface area contributed by atoms with Crippen LogP contribution in [0.25, 0.3) is 10.8 Å². The Bertz CT molecular complexity index is 1390. The lowest BCUT2D eigenvalue weighted by atomic mass is 10.0. The molecule has 1 aliphatic rings. The number of carbonyl (C=O) groups excluding carboxylic acids is 2. The number of ketones is 1. The van der Waals surface area contributed by atoms with Crippen molar-refractivity contribution in [2.45, 2.75) is 13.0 Å². The average Bonchev–Trinajstić information content (AvgIpc) is 3.28. The monoisotopic (exact) mass is 499 g/mol. The van der Waals surface area contributed by atoms with Gasteiger partial charge in [-0.25, -0.2) is 4.98 Å². The first-order valence-electron chi connectivity index (χ1n) is 12.0. The van der Waals surface area contributed by atoms with Gasteiger partial charge < -0.3 is 16.0 Å². The molecule has 1 aromatic heterocycles. The van der Waals surface area contributed by atoms with E-state index >= 15 is 0 Å². The first kappa shape index (κ1) is 24.1. The summed E-state index contributed by atoms with van der Waals surface area (Å²) in [6.07, 6.45) is 0.0765. The molecular formula is C28H29N5O2S. The Morgan fingerprint density at radius 3 is 2.42 bits per heavy atom. The summed E-state index contributed by atoms with van der Waals surface area (Å²) >= 11 is 1.28. The van der Waals surface area contributed by atoms with Crippen molar-refractivity contribution in [3.05, 3.63) is 88.4 Å². The first-order chi connectivity index (χ1) is 17.4. The molecule has 3 aromatic carbocycles. The van der Waals surface area contributed by atoms with Crippen molar-refractivity contribution >= 4 is 44.6 Å². The number of nitrogens with zero attached hydrogens (tertiary/aromatic N) is 3. The largest absolute Gasteiger partial charge is 0.364 e. The quantitative estimate of drug-likeness (QED) is 0.351. The molecule has 0 radical (unpaired) electrons. The minimum atomic E-state index is -0.636. The Morgan fingerprint density at radius 2 is 1.69 bits per heavy atom. The summed E-state index contributed by atoms with van der Waals surface area (Å²) in [5.74, 6) is -0.701. The van der Waals surface area contributed by atoms with Crippen LogP contribution in [0.5, 0.6) is 0 Å². The van der Waals surface area contributed by atoms with Crippen LogP contribution in [0.15, 0.2) is 66.7 Å². The molecule has 1 aliphatic heterocycles. The zero-order valence-corrected chi connectivity index (χ0v) is 21.1. The summed E-state index contributed by atoms with van der Waals surface area (Å²) < 4.78 is 0. The van der Waals surface area contributed by atoms with E-state index in [4.69, 9.17) is 5.73 Å². The van der Waals surface area contributed by atoms with Gasteiger partial charge in [-0.1, -0.05) is 54.6 Å². The van der Waals surface area contributed by atoms with Crippen molar-refractivity contribution < 1.29 is 9.59 Å². The van der Waals surface area contributed by atoms with E-state index in [1.165, 1.54) is 16.9 Å². The number of primary amides is 1. The number of hydrogen-bond donors (Lipinski definition) is 2. The minimum Gasteiger partial charge on any atom is -0.364 e. The van der Waals surface area contributed by atoms with Crippen LogP contribution in [0.4, 0.5) is 10.8 Å². The number of nitrogens with two attached hydrogens (primary N) is 1. The highest BCUT2D eigenvalue weighted by molar-refractivity contribution is 7.16. The van der Waals surface area contributed by atoms with Crippen molar-refractivity contribution in [3.8, 4) is 0 Å². The lowest BCUT2D eigenvalue weighted by Gasteiger charge is -2.32. The maximum absolute atomic E-state index is 13.0. The van der Waals surface area contributed by atoms with Gasteiger partial charge in [-0.15, -0.1) is 11.3 Å². The van der Waals surface area contributed by atoms with Crippen LogP contribution in [-0.2, 0) is 13.0 Å². The standard InChI is InChI=1S/C28H29N5O2S/c1-32-12-14-33(15-13-32)18-19-6-8-21(9-7-19)24(34)17-25-26(27(29)35)31-28(36-25)30-23-11-10-20-4-2-3-5-22(20)16-23/h2-11,16H,12-15,17-18H2,1H3,(H2,29,35)(H,30,31). The van der Waals surface area contributed by atoms with Crippen LogP contribution >= 0.6 is 11.3 Å². The normalized spacial score (nSPS) is 14.7. The molecule has 2 heterocycles.